The summed E-state index contributed by atoms with van der Waals surface area (Å²) >= 11 is 0. The number of hydrogen-bond acceptors (Lipinski definition) is 6. The van der Waals surface area contributed by atoms with Gasteiger partial charge in [0.15, 0.2) is 12.5 Å². The van der Waals surface area contributed by atoms with E-state index in [-0.39, 0.29) is 11.7 Å². The molecule has 0 aromatic carbocycles. The summed E-state index contributed by atoms with van der Waals surface area (Å²) in [5.74, 6) is 2.67. The van der Waals surface area contributed by atoms with Gasteiger partial charge in [-0.2, -0.15) is 13.2 Å². The van der Waals surface area contributed by atoms with E-state index in [2.05, 4.69) is 14.9 Å². The maximum Gasteiger partial charge on any atom is 0.422 e. The molecule has 9 heteroatoms. The van der Waals surface area contributed by atoms with E-state index in [1.54, 1.807) is 13.1 Å². The third-order valence-electron chi connectivity index (χ3n) is 7.17. The molecule has 4 rings (SSSR count). The Morgan fingerprint density at radius 3 is 2.60 bits per heavy atom. The Balaban J connectivity index is 1.16. The molecule has 0 N–H and O–H groups in total. The second-order valence-electron chi connectivity index (χ2n) is 9.94. The van der Waals surface area contributed by atoms with E-state index in [0.29, 0.717) is 36.3 Å². The monoisotopic (exact) mass is 493 g/mol. The Morgan fingerprint density at radius 1 is 1.14 bits per heavy atom. The minimum atomic E-state index is -4.36. The van der Waals surface area contributed by atoms with Crippen LogP contribution in [0.15, 0.2) is 22.7 Å². The first-order valence-corrected chi connectivity index (χ1v) is 12.6. The number of fused-ring (bicyclic) bond motifs is 1. The molecule has 2 aliphatic rings. The molecule has 6 nitrogen and oxygen atoms in total. The molecule has 0 bridgehead atoms. The Labute approximate surface area is 204 Å². The molecule has 0 radical (unpaired) electrons. The van der Waals surface area contributed by atoms with Crippen molar-refractivity contribution in [3.8, 4) is 5.88 Å². The van der Waals surface area contributed by atoms with Crippen LogP contribution in [0.3, 0.4) is 0 Å². The van der Waals surface area contributed by atoms with Gasteiger partial charge in [0.2, 0.25) is 5.88 Å². The number of Topliss-reactive ketones (excluding diaryl/α,β-unsaturated/α-hetero) is 1. The van der Waals surface area contributed by atoms with Gasteiger partial charge < -0.3 is 14.1 Å². The summed E-state index contributed by atoms with van der Waals surface area (Å²) in [6.45, 7) is 3.27. The molecule has 1 aliphatic carbocycles. The molecule has 1 aliphatic heterocycles. The lowest BCUT2D eigenvalue weighted by atomic mass is 9.78. The highest BCUT2D eigenvalue weighted by Gasteiger charge is 2.29. The number of oxazole rings is 1. The zero-order valence-electron chi connectivity index (χ0n) is 20.3. The van der Waals surface area contributed by atoms with Crippen LogP contribution >= 0.6 is 0 Å². The number of nitrogens with zero attached hydrogens (tertiary/aromatic N) is 3. The maximum absolute atomic E-state index is 12.4. The second kappa shape index (κ2) is 11.5. The third kappa shape index (κ3) is 8.05. The highest BCUT2D eigenvalue weighted by molar-refractivity contribution is 5.80. The van der Waals surface area contributed by atoms with Crippen molar-refractivity contribution in [2.45, 2.75) is 70.9 Å². The molecule has 0 amide bonds. The van der Waals surface area contributed by atoms with Crippen molar-refractivity contribution in [3.05, 3.63) is 41.2 Å². The fourth-order valence-electron chi connectivity index (χ4n) is 5.23. The zero-order valence-corrected chi connectivity index (χ0v) is 20.3. The van der Waals surface area contributed by atoms with Crippen LogP contribution in [0, 0.1) is 18.8 Å². The van der Waals surface area contributed by atoms with Crippen LogP contribution in [0.5, 0.6) is 5.88 Å². The summed E-state index contributed by atoms with van der Waals surface area (Å²) in [4.78, 5) is 23.2. The average Bonchev–Trinajstić information content (AvgIpc) is 3.10. The van der Waals surface area contributed by atoms with Crippen LogP contribution in [-0.4, -0.2) is 53.1 Å². The molecule has 192 valence electrons. The lowest BCUT2D eigenvalue weighted by molar-refractivity contribution is -0.154. The van der Waals surface area contributed by atoms with Gasteiger partial charge in [0.25, 0.3) is 0 Å². The number of aromatic nitrogens is 2. The van der Waals surface area contributed by atoms with Crippen LogP contribution in [-0.2, 0) is 24.1 Å². The first kappa shape index (κ1) is 25.7. The molecule has 0 unspecified atom stereocenters. The van der Waals surface area contributed by atoms with Crippen molar-refractivity contribution in [1.82, 2.24) is 14.9 Å². The number of ketones is 1. The van der Waals surface area contributed by atoms with E-state index in [1.165, 1.54) is 6.07 Å². The first-order chi connectivity index (χ1) is 16.7. The Hall–Kier alpha value is -2.42. The van der Waals surface area contributed by atoms with Crippen molar-refractivity contribution in [3.63, 3.8) is 0 Å². The van der Waals surface area contributed by atoms with Crippen LogP contribution in [0.25, 0.3) is 0 Å². The normalized spacial score (nSPS) is 21.4. The number of ether oxygens (including phenoxy) is 1. The molecule has 35 heavy (non-hydrogen) atoms. The Kier molecular flexibility index (Phi) is 8.46. The molecular formula is C26H34F3N3O3. The van der Waals surface area contributed by atoms with Crippen LogP contribution in [0.2, 0.25) is 0 Å². The van der Waals surface area contributed by atoms with Crippen molar-refractivity contribution in [2.24, 2.45) is 11.8 Å². The smallest absolute Gasteiger partial charge is 0.422 e. The van der Waals surface area contributed by atoms with Crippen molar-refractivity contribution < 1.29 is 27.1 Å². The van der Waals surface area contributed by atoms with Crippen molar-refractivity contribution in [2.75, 3.05) is 26.2 Å². The fraction of sp³-hybridized carbons (Fsp3) is 0.654. The van der Waals surface area contributed by atoms with Gasteiger partial charge in [0, 0.05) is 44.6 Å². The average molecular weight is 494 g/mol. The van der Waals surface area contributed by atoms with E-state index in [0.717, 1.165) is 75.8 Å². The van der Waals surface area contributed by atoms with E-state index < -0.39 is 12.8 Å². The van der Waals surface area contributed by atoms with Gasteiger partial charge in [0.1, 0.15) is 11.5 Å². The quantitative estimate of drug-likeness (QED) is 0.483. The molecule has 0 saturated heterocycles. The van der Waals surface area contributed by atoms with Gasteiger partial charge in [-0.3, -0.25) is 4.79 Å². The predicted octanol–water partition coefficient (Wildman–Crippen LogP) is 5.12. The predicted molar refractivity (Wildman–Crippen MR) is 124 cm³/mol. The van der Waals surface area contributed by atoms with Gasteiger partial charge in [-0.1, -0.05) is 18.9 Å². The van der Waals surface area contributed by atoms with E-state index in [9.17, 15) is 18.0 Å². The second-order valence-corrected chi connectivity index (χ2v) is 9.94. The number of rotatable bonds is 9. The zero-order chi connectivity index (χ0) is 24.8. The summed E-state index contributed by atoms with van der Waals surface area (Å²) in [5.41, 5.74) is 1.94. The maximum atomic E-state index is 12.4. The summed E-state index contributed by atoms with van der Waals surface area (Å²) < 4.78 is 47.5. The highest BCUT2D eigenvalue weighted by atomic mass is 19.4. The molecule has 2 aromatic heterocycles. The van der Waals surface area contributed by atoms with Crippen LogP contribution < -0.4 is 4.74 Å². The lowest BCUT2D eigenvalue weighted by Crippen LogP contribution is -2.29. The van der Waals surface area contributed by atoms with Gasteiger partial charge in [0.05, 0.1) is 12.6 Å². The summed E-state index contributed by atoms with van der Waals surface area (Å²) in [6.07, 6.45) is 5.47. The SMILES string of the molecule is Cc1ncc(CC(=O)CC2CCC(CCN3CCc4ccc(OCC(F)(F)F)nc4CC3)CC2)o1. The van der Waals surface area contributed by atoms with E-state index in [4.69, 9.17) is 9.15 Å². The van der Waals surface area contributed by atoms with Crippen molar-refractivity contribution in [1.29, 1.82) is 0 Å². The molecule has 2 aromatic rings. The molecule has 1 fully saturated rings. The number of pyridine rings is 1. The number of aryl methyl sites for hydroxylation is 1. The molecule has 0 atom stereocenters. The van der Waals surface area contributed by atoms with Crippen LogP contribution in [0.4, 0.5) is 13.2 Å². The number of halogens is 3. The Bertz CT molecular complexity index is 984. The topological polar surface area (TPSA) is 68.5 Å². The highest BCUT2D eigenvalue weighted by Crippen LogP contribution is 2.33. The number of alkyl halides is 3. The van der Waals surface area contributed by atoms with Gasteiger partial charge in [-0.25, -0.2) is 9.97 Å². The Morgan fingerprint density at radius 2 is 1.89 bits per heavy atom. The minimum Gasteiger partial charge on any atom is -0.468 e. The standard InChI is InChI=1S/C26H34F3N3O3/c1-18-30-16-23(35-18)15-22(33)14-20-4-2-19(3-5-20)8-11-32-12-9-21-6-7-25(31-24(21)10-13-32)34-17-26(27,28)29/h6-7,16,19-20H,2-5,8-15,17H2,1H3. The number of hydrogen-bond donors (Lipinski definition) is 0. The van der Waals surface area contributed by atoms with Crippen LogP contribution in [0.1, 0.15) is 61.4 Å². The molecule has 0 spiro atoms. The van der Waals surface area contributed by atoms with Gasteiger partial charge in [-0.15, -0.1) is 0 Å². The number of carbonyl (C=O) groups excluding carboxylic acids is 1. The van der Waals surface area contributed by atoms with Gasteiger partial charge >= 0.3 is 6.18 Å². The third-order valence-corrected chi connectivity index (χ3v) is 7.17. The van der Waals surface area contributed by atoms with Gasteiger partial charge in [-0.05, 0) is 49.6 Å². The fourth-order valence-corrected chi connectivity index (χ4v) is 5.23. The molecule has 3 heterocycles. The minimum absolute atomic E-state index is 0.0423. The summed E-state index contributed by atoms with van der Waals surface area (Å²) in [7, 11) is 0. The van der Waals surface area contributed by atoms with E-state index >= 15 is 0 Å². The van der Waals surface area contributed by atoms with E-state index in [1.807, 2.05) is 6.07 Å². The molecule has 1 saturated carbocycles. The molecular weight excluding hydrogens is 459 g/mol. The summed E-state index contributed by atoms with van der Waals surface area (Å²) in [5, 5.41) is 0. The lowest BCUT2D eigenvalue weighted by Gasteiger charge is -2.30. The number of carbonyl (C=O) groups is 1. The largest absolute Gasteiger partial charge is 0.468 e. The first-order valence-electron chi connectivity index (χ1n) is 12.6. The van der Waals surface area contributed by atoms with Crippen molar-refractivity contribution >= 4 is 5.78 Å². The summed E-state index contributed by atoms with van der Waals surface area (Å²) in [6, 6.07) is 3.39.